The molecule has 0 saturated carbocycles. The Bertz CT molecular complexity index is 489. The van der Waals surface area contributed by atoms with Crippen molar-refractivity contribution in [3.63, 3.8) is 0 Å². The molecule has 0 saturated heterocycles. The second-order valence-corrected chi connectivity index (χ2v) is 7.50. The lowest BCUT2D eigenvalue weighted by Gasteiger charge is -2.20. The van der Waals surface area contributed by atoms with Crippen LogP contribution < -0.4 is 0 Å². The summed E-state index contributed by atoms with van der Waals surface area (Å²) in [5.41, 5.74) is 0. The van der Waals surface area contributed by atoms with Gasteiger partial charge in [0, 0.05) is 20.2 Å². The van der Waals surface area contributed by atoms with Gasteiger partial charge >= 0.3 is 0 Å². The van der Waals surface area contributed by atoms with Crippen LogP contribution in [0.3, 0.4) is 0 Å². The van der Waals surface area contributed by atoms with Crippen LogP contribution in [0.2, 0.25) is 8.67 Å². The van der Waals surface area contributed by atoms with Crippen LogP contribution in [0.1, 0.15) is 0 Å². The summed E-state index contributed by atoms with van der Waals surface area (Å²) >= 11 is 12.6. The zero-order chi connectivity index (χ0) is 13.8. The molecule has 1 aromatic rings. The maximum absolute atomic E-state index is 12.3. The Labute approximate surface area is 120 Å². The van der Waals surface area contributed by atoms with Crippen LogP contribution in [0.5, 0.6) is 0 Å². The summed E-state index contributed by atoms with van der Waals surface area (Å²) in [5, 5.41) is 8.92. The van der Waals surface area contributed by atoms with Crippen LogP contribution >= 0.6 is 34.5 Å². The Morgan fingerprint density at radius 2 is 2.11 bits per heavy atom. The van der Waals surface area contributed by atoms with E-state index in [1.165, 1.54) is 13.2 Å². The summed E-state index contributed by atoms with van der Waals surface area (Å²) in [4.78, 5) is -0.0382. The van der Waals surface area contributed by atoms with E-state index < -0.39 is 10.0 Å². The Balaban J connectivity index is 3.04. The van der Waals surface area contributed by atoms with Gasteiger partial charge in [0.1, 0.15) is 9.23 Å². The van der Waals surface area contributed by atoms with Crippen LogP contribution in [-0.4, -0.2) is 51.2 Å². The van der Waals surface area contributed by atoms with Gasteiger partial charge in [-0.05, 0) is 6.07 Å². The molecule has 1 N–H and O–H groups in total. The first-order chi connectivity index (χ1) is 8.43. The fourth-order valence-electron chi connectivity index (χ4n) is 1.30. The molecule has 0 bridgehead atoms. The first-order valence-corrected chi connectivity index (χ1v) is 7.99. The lowest BCUT2D eigenvalue weighted by molar-refractivity contribution is 0.168. The molecule has 0 aliphatic rings. The first kappa shape index (κ1) is 16.2. The molecule has 0 spiro atoms. The topological polar surface area (TPSA) is 66.8 Å². The van der Waals surface area contributed by atoms with E-state index in [4.69, 9.17) is 33.0 Å². The van der Waals surface area contributed by atoms with Crippen LogP contribution in [0.4, 0.5) is 0 Å². The molecule has 0 atom stereocenters. The minimum atomic E-state index is -3.76. The quantitative estimate of drug-likeness (QED) is 0.824. The molecular weight excluding hydrogens is 321 g/mol. The van der Waals surface area contributed by atoms with Crippen molar-refractivity contribution in [2.45, 2.75) is 4.90 Å². The number of ether oxygens (including phenoxy) is 1. The normalized spacial score (nSPS) is 12.3. The maximum Gasteiger partial charge on any atom is 0.245 e. The number of aliphatic hydroxyl groups excluding tert-OH is 1. The highest BCUT2D eigenvalue weighted by molar-refractivity contribution is 7.89. The second kappa shape index (κ2) is 7.04. The van der Waals surface area contributed by atoms with Crippen molar-refractivity contribution in [2.24, 2.45) is 0 Å². The molecule has 1 rings (SSSR count). The Morgan fingerprint density at radius 3 is 2.56 bits per heavy atom. The van der Waals surface area contributed by atoms with Gasteiger partial charge in [0.05, 0.1) is 17.6 Å². The molecule has 9 heteroatoms. The number of aliphatic hydroxyl groups is 1. The highest BCUT2D eigenvalue weighted by Crippen LogP contribution is 2.35. The Hall–Kier alpha value is 0.110. The van der Waals surface area contributed by atoms with E-state index in [1.54, 1.807) is 0 Å². The van der Waals surface area contributed by atoms with Crippen LogP contribution in [-0.2, 0) is 14.8 Å². The summed E-state index contributed by atoms with van der Waals surface area (Å²) in [6, 6.07) is 1.31. The number of hydrogen-bond donors (Lipinski definition) is 1. The molecule has 1 aromatic heterocycles. The molecular formula is C9H13Cl2NO4S2. The molecule has 18 heavy (non-hydrogen) atoms. The first-order valence-electron chi connectivity index (χ1n) is 4.98. The molecule has 0 amide bonds. The van der Waals surface area contributed by atoms with E-state index in [0.717, 1.165) is 15.6 Å². The highest BCUT2D eigenvalue weighted by atomic mass is 35.5. The van der Waals surface area contributed by atoms with Gasteiger partial charge in [-0.1, -0.05) is 23.2 Å². The van der Waals surface area contributed by atoms with Crippen molar-refractivity contribution >= 4 is 44.6 Å². The summed E-state index contributed by atoms with van der Waals surface area (Å²) in [5.74, 6) is 0. The highest BCUT2D eigenvalue weighted by Gasteiger charge is 2.27. The van der Waals surface area contributed by atoms with Crippen molar-refractivity contribution in [1.82, 2.24) is 4.31 Å². The lowest BCUT2D eigenvalue weighted by atomic mass is 10.6. The largest absolute Gasteiger partial charge is 0.395 e. The van der Waals surface area contributed by atoms with Crippen LogP contribution in [0.15, 0.2) is 11.0 Å². The van der Waals surface area contributed by atoms with Crippen molar-refractivity contribution in [2.75, 3.05) is 33.4 Å². The summed E-state index contributed by atoms with van der Waals surface area (Å²) in [7, 11) is -2.29. The molecule has 0 aliphatic carbocycles. The van der Waals surface area contributed by atoms with Crippen molar-refractivity contribution < 1.29 is 18.3 Å². The van der Waals surface area contributed by atoms with Crippen LogP contribution in [0, 0.1) is 0 Å². The molecule has 104 valence electrons. The zero-order valence-electron chi connectivity index (χ0n) is 9.60. The van der Waals surface area contributed by atoms with Gasteiger partial charge in [0.25, 0.3) is 0 Å². The molecule has 5 nitrogen and oxygen atoms in total. The number of halogens is 2. The van der Waals surface area contributed by atoms with E-state index in [1.807, 2.05) is 0 Å². The van der Waals surface area contributed by atoms with E-state index in [9.17, 15) is 8.42 Å². The molecule has 1 heterocycles. The second-order valence-electron chi connectivity index (χ2n) is 3.31. The third-order valence-corrected chi connectivity index (χ3v) is 5.79. The summed E-state index contributed by atoms with van der Waals surface area (Å²) in [6.07, 6.45) is 0. The average molecular weight is 334 g/mol. The predicted octanol–water partition coefficient (Wildman–Crippen LogP) is 1.68. The van der Waals surface area contributed by atoms with Gasteiger partial charge in [-0.15, -0.1) is 11.3 Å². The number of nitrogens with zero attached hydrogens (tertiary/aromatic N) is 1. The Kier molecular flexibility index (Phi) is 6.32. The van der Waals surface area contributed by atoms with Gasteiger partial charge in [0.2, 0.25) is 10.0 Å². The van der Waals surface area contributed by atoms with Gasteiger partial charge in [-0.2, -0.15) is 4.31 Å². The fraction of sp³-hybridized carbons (Fsp3) is 0.556. The van der Waals surface area contributed by atoms with Gasteiger partial charge in [-0.25, -0.2) is 8.42 Å². The standard InChI is InChI=1S/C9H13Cl2NO4S2/c1-16-5-3-12(2-4-13)18(14,15)7-6-8(10)17-9(7)11/h6,13H,2-5H2,1H3. The van der Waals surface area contributed by atoms with Crippen LogP contribution in [0.25, 0.3) is 0 Å². The van der Waals surface area contributed by atoms with Crippen molar-refractivity contribution in [3.8, 4) is 0 Å². The third-order valence-electron chi connectivity index (χ3n) is 2.14. The van der Waals surface area contributed by atoms with E-state index in [0.29, 0.717) is 4.34 Å². The minimum absolute atomic E-state index is 0.0184. The summed E-state index contributed by atoms with van der Waals surface area (Å²) < 4.78 is 30.9. The SMILES string of the molecule is COCCN(CCO)S(=O)(=O)c1cc(Cl)sc1Cl. The number of methoxy groups -OCH3 is 1. The van der Waals surface area contributed by atoms with Gasteiger partial charge in [-0.3, -0.25) is 0 Å². The minimum Gasteiger partial charge on any atom is -0.395 e. The number of sulfonamides is 1. The van der Waals surface area contributed by atoms with Crippen molar-refractivity contribution in [3.05, 3.63) is 14.7 Å². The number of hydrogen-bond acceptors (Lipinski definition) is 5. The van der Waals surface area contributed by atoms with Crippen molar-refractivity contribution in [1.29, 1.82) is 0 Å². The van der Waals surface area contributed by atoms with Gasteiger partial charge < -0.3 is 9.84 Å². The van der Waals surface area contributed by atoms with E-state index >= 15 is 0 Å². The molecule has 0 unspecified atom stereocenters. The smallest absolute Gasteiger partial charge is 0.245 e. The average Bonchev–Trinajstić information content (AvgIpc) is 2.64. The van der Waals surface area contributed by atoms with E-state index in [-0.39, 0.29) is 35.5 Å². The maximum atomic E-state index is 12.3. The lowest BCUT2D eigenvalue weighted by Crippen LogP contribution is -2.36. The van der Waals surface area contributed by atoms with E-state index in [2.05, 4.69) is 0 Å². The number of thiophene rings is 1. The molecule has 0 aromatic carbocycles. The predicted molar refractivity (Wildman–Crippen MR) is 72.1 cm³/mol. The Morgan fingerprint density at radius 1 is 1.44 bits per heavy atom. The summed E-state index contributed by atoms with van der Waals surface area (Å²) in [6.45, 7) is 0.0752. The molecule has 0 aliphatic heterocycles. The van der Waals surface area contributed by atoms with Gasteiger partial charge in [0.15, 0.2) is 0 Å². The fourth-order valence-corrected chi connectivity index (χ4v) is 4.82. The third kappa shape index (κ3) is 3.80. The number of rotatable bonds is 7. The molecule has 0 fully saturated rings. The monoisotopic (exact) mass is 333 g/mol. The molecule has 0 radical (unpaired) electrons. The zero-order valence-corrected chi connectivity index (χ0v) is 12.7.